The molecule has 1 saturated carbocycles. The molecule has 1 saturated heterocycles. The summed E-state index contributed by atoms with van der Waals surface area (Å²) < 4.78 is 23.8. The van der Waals surface area contributed by atoms with Gasteiger partial charge in [0, 0.05) is 37.7 Å². The summed E-state index contributed by atoms with van der Waals surface area (Å²) >= 11 is 0. The van der Waals surface area contributed by atoms with Crippen LogP contribution in [0.4, 0.5) is 4.79 Å². The maximum absolute atomic E-state index is 12.7. The van der Waals surface area contributed by atoms with Crippen LogP contribution in [-0.4, -0.2) is 65.8 Å². The minimum atomic E-state index is -0.535. The van der Waals surface area contributed by atoms with Crippen molar-refractivity contribution in [2.24, 2.45) is 5.92 Å². The van der Waals surface area contributed by atoms with E-state index in [0.717, 1.165) is 61.1 Å². The van der Waals surface area contributed by atoms with Crippen LogP contribution >= 0.6 is 0 Å². The quantitative estimate of drug-likeness (QED) is 0.318. The van der Waals surface area contributed by atoms with E-state index in [1.807, 2.05) is 26.8 Å². The Kier molecular flexibility index (Phi) is 10.6. The summed E-state index contributed by atoms with van der Waals surface area (Å²) in [6.07, 6.45) is 9.82. The van der Waals surface area contributed by atoms with Gasteiger partial charge in [0.25, 0.3) is 0 Å². The van der Waals surface area contributed by atoms with E-state index < -0.39 is 5.60 Å². The second kappa shape index (κ2) is 14.2. The molecule has 40 heavy (non-hydrogen) atoms. The van der Waals surface area contributed by atoms with Gasteiger partial charge in [-0.1, -0.05) is 31.9 Å². The lowest BCUT2D eigenvalue weighted by Gasteiger charge is -2.38. The third-order valence-electron chi connectivity index (χ3n) is 7.70. The molecular weight excluding hydrogens is 506 g/mol. The topological polar surface area (TPSA) is 83.0 Å². The van der Waals surface area contributed by atoms with E-state index in [1.54, 1.807) is 12.0 Å². The van der Waals surface area contributed by atoms with Crippen LogP contribution in [-0.2, 0) is 15.9 Å². The number of ether oxygens (including phenoxy) is 4. The van der Waals surface area contributed by atoms with Crippen molar-refractivity contribution < 1.29 is 23.7 Å². The summed E-state index contributed by atoms with van der Waals surface area (Å²) in [6.45, 7) is 9.29. The van der Waals surface area contributed by atoms with Gasteiger partial charge in [-0.15, -0.1) is 5.10 Å². The highest BCUT2D eigenvalue weighted by Crippen LogP contribution is 2.30. The molecule has 0 bridgehead atoms. The molecule has 1 aliphatic heterocycles. The monoisotopic (exact) mass is 553 g/mol. The molecule has 2 heterocycles. The summed E-state index contributed by atoms with van der Waals surface area (Å²) in [5.41, 5.74) is 2.54. The van der Waals surface area contributed by atoms with Gasteiger partial charge < -0.3 is 23.8 Å². The van der Waals surface area contributed by atoms with E-state index in [1.165, 1.54) is 19.3 Å². The number of nitrogens with zero attached hydrogens (tertiary/aromatic N) is 3. The zero-order valence-corrected chi connectivity index (χ0v) is 25.0. The highest BCUT2D eigenvalue weighted by Gasteiger charge is 2.34. The summed E-state index contributed by atoms with van der Waals surface area (Å²) in [5, 5.41) is 8.98. The molecule has 0 radical (unpaired) electrons. The number of aromatic nitrogens is 2. The van der Waals surface area contributed by atoms with Crippen LogP contribution in [0.3, 0.4) is 0 Å². The highest BCUT2D eigenvalue weighted by atomic mass is 16.6. The Balaban J connectivity index is 1.45. The Morgan fingerprint density at radius 3 is 2.48 bits per heavy atom. The molecule has 2 aromatic rings. The Hall–Kier alpha value is -2.87. The molecule has 220 valence electrons. The second-order valence-electron chi connectivity index (χ2n) is 12.1. The van der Waals surface area contributed by atoms with Gasteiger partial charge in [-0.2, -0.15) is 5.10 Å². The zero-order chi connectivity index (χ0) is 28.5. The SMILES string of the molecule is CCCCc1nnc(OCC2CN(C(=O)OC(C)(C)C)CCC2OC)cc1-c1ccc(OC2CCCCC2)cc1. The molecule has 8 heteroatoms. The lowest BCUT2D eigenvalue weighted by molar-refractivity contribution is -0.0347. The van der Waals surface area contributed by atoms with Crippen LogP contribution in [0.25, 0.3) is 11.1 Å². The summed E-state index contributed by atoms with van der Waals surface area (Å²) in [6, 6.07) is 10.3. The van der Waals surface area contributed by atoms with E-state index in [0.29, 0.717) is 31.7 Å². The van der Waals surface area contributed by atoms with Crippen molar-refractivity contribution in [3.05, 3.63) is 36.0 Å². The summed E-state index contributed by atoms with van der Waals surface area (Å²) in [5.74, 6) is 1.39. The summed E-state index contributed by atoms with van der Waals surface area (Å²) in [4.78, 5) is 14.4. The number of aryl methyl sites for hydroxylation is 1. The number of benzene rings is 1. The Morgan fingerprint density at radius 2 is 1.80 bits per heavy atom. The van der Waals surface area contributed by atoms with Crippen molar-refractivity contribution in [3.63, 3.8) is 0 Å². The molecule has 1 aliphatic carbocycles. The van der Waals surface area contributed by atoms with Crippen LogP contribution < -0.4 is 9.47 Å². The molecule has 4 rings (SSSR count). The molecule has 1 aromatic heterocycles. The molecule has 1 aromatic carbocycles. The third-order valence-corrected chi connectivity index (χ3v) is 7.70. The average molecular weight is 554 g/mol. The zero-order valence-electron chi connectivity index (χ0n) is 25.0. The molecule has 0 spiro atoms. The normalized spacial score (nSPS) is 20.3. The number of hydrogen-bond acceptors (Lipinski definition) is 7. The molecule has 2 fully saturated rings. The minimum Gasteiger partial charge on any atom is -0.490 e. The number of piperidine rings is 1. The molecule has 0 N–H and O–H groups in total. The minimum absolute atomic E-state index is 0.00694. The van der Waals surface area contributed by atoms with Crippen LogP contribution in [0.2, 0.25) is 0 Å². The lowest BCUT2D eigenvalue weighted by atomic mass is 9.95. The van der Waals surface area contributed by atoms with Crippen molar-refractivity contribution in [1.29, 1.82) is 0 Å². The van der Waals surface area contributed by atoms with Crippen molar-refractivity contribution in [3.8, 4) is 22.8 Å². The standard InChI is InChI=1S/C32H47N3O5/c1-6-7-13-28-27(23-14-16-26(17-15-23)39-25-11-9-8-10-12-25)20-30(34-33-28)38-22-24-21-35(19-18-29(24)37-5)31(36)40-32(2,3)4/h14-17,20,24-25,29H,6-13,18-19,21-22H2,1-5H3. The van der Waals surface area contributed by atoms with Crippen LogP contribution in [0, 0.1) is 5.92 Å². The Labute approximate surface area is 239 Å². The first-order chi connectivity index (χ1) is 19.3. The van der Waals surface area contributed by atoms with E-state index in [2.05, 4.69) is 41.4 Å². The van der Waals surface area contributed by atoms with E-state index in [-0.39, 0.29) is 18.1 Å². The number of methoxy groups -OCH3 is 1. The van der Waals surface area contributed by atoms with Gasteiger partial charge in [-0.05, 0) is 83.4 Å². The largest absolute Gasteiger partial charge is 0.490 e. The van der Waals surface area contributed by atoms with Crippen molar-refractivity contribution in [2.45, 2.75) is 103 Å². The fraction of sp³-hybridized carbons (Fsp3) is 0.656. The fourth-order valence-electron chi connectivity index (χ4n) is 5.50. The predicted octanol–water partition coefficient (Wildman–Crippen LogP) is 6.85. The molecule has 2 atom stereocenters. The van der Waals surface area contributed by atoms with Crippen molar-refractivity contribution >= 4 is 6.09 Å². The smallest absolute Gasteiger partial charge is 0.410 e. The van der Waals surface area contributed by atoms with Crippen molar-refractivity contribution in [2.75, 3.05) is 26.8 Å². The van der Waals surface area contributed by atoms with E-state index in [4.69, 9.17) is 18.9 Å². The number of unbranched alkanes of at least 4 members (excludes halogenated alkanes) is 1. The van der Waals surface area contributed by atoms with Crippen LogP contribution in [0.1, 0.15) is 84.8 Å². The van der Waals surface area contributed by atoms with E-state index >= 15 is 0 Å². The number of rotatable bonds is 10. The molecule has 1 amide bonds. The molecular formula is C32H47N3O5. The first-order valence-electron chi connectivity index (χ1n) is 15.0. The van der Waals surface area contributed by atoms with Gasteiger partial charge >= 0.3 is 6.09 Å². The van der Waals surface area contributed by atoms with Gasteiger partial charge in [0.1, 0.15) is 11.4 Å². The first kappa shape index (κ1) is 30.1. The van der Waals surface area contributed by atoms with Gasteiger partial charge in [-0.25, -0.2) is 4.79 Å². The second-order valence-corrected chi connectivity index (χ2v) is 12.1. The van der Waals surface area contributed by atoms with Gasteiger partial charge in [0.2, 0.25) is 5.88 Å². The maximum Gasteiger partial charge on any atom is 0.410 e. The van der Waals surface area contributed by atoms with E-state index in [9.17, 15) is 4.79 Å². The molecule has 2 unspecified atom stereocenters. The first-order valence-corrected chi connectivity index (χ1v) is 15.0. The number of carbonyl (C=O) groups is 1. The molecule has 2 aliphatic rings. The number of hydrogen-bond donors (Lipinski definition) is 0. The average Bonchev–Trinajstić information content (AvgIpc) is 2.95. The molecule has 8 nitrogen and oxygen atoms in total. The van der Waals surface area contributed by atoms with Gasteiger partial charge in [0.05, 0.1) is 24.5 Å². The lowest BCUT2D eigenvalue weighted by Crippen LogP contribution is -2.49. The van der Waals surface area contributed by atoms with Crippen LogP contribution in [0.5, 0.6) is 11.6 Å². The maximum atomic E-state index is 12.7. The number of carbonyl (C=O) groups excluding carboxylic acids is 1. The summed E-state index contributed by atoms with van der Waals surface area (Å²) in [7, 11) is 1.71. The highest BCUT2D eigenvalue weighted by molar-refractivity contribution is 5.68. The Morgan fingerprint density at radius 1 is 1.05 bits per heavy atom. The fourth-order valence-corrected chi connectivity index (χ4v) is 5.50. The third kappa shape index (κ3) is 8.56. The van der Waals surface area contributed by atoms with Gasteiger partial charge in [0.15, 0.2) is 0 Å². The number of amides is 1. The van der Waals surface area contributed by atoms with Crippen molar-refractivity contribution in [1.82, 2.24) is 15.1 Å². The Bertz CT molecular complexity index is 1080. The predicted molar refractivity (Wildman–Crippen MR) is 156 cm³/mol. The van der Waals surface area contributed by atoms with Gasteiger partial charge in [-0.3, -0.25) is 0 Å². The number of likely N-dealkylation sites (tertiary alicyclic amines) is 1. The van der Waals surface area contributed by atoms with Crippen LogP contribution in [0.15, 0.2) is 30.3 Å².